The highest BCUT2D eigenvalue weighted by molar-refractivity contribution is 5.54. The molecule has 1 aromatic rings. The Bertz CT molecular complexity index is 399. The van der Waals surface area contributed by atoms with E-state index >= 15 is 0 Å². The summed E-state index contributed by atoms with van der Waals surface area (Å²) >= 11 is 0. The van der Waals surface area contributed by atoms with Crippen molar-refractivity contribution < 1.29 is 0 Å². The summed E-state index contributed by atoms with van der Waals surface area (Å²) in [4.78, 5) is 2.19. The Morgan fingerprint density at radius 2 is 1.87 bits per heavy atom. The van der Waals surface area contributed by atoms with Gasteiger partial charge in [-0.15, -0.1) is 0 Å². The zero-order valence-corrected chi connectivity index (χ0v) is 8.93. The summed E-state index contributed by atoms with van der Waals surface area (Å²) in [7, 11) is 2.09. The van der Waals surface area contributed by atoms with Crippen molar-refractivity contribution >= 4 is 5.69 Å². The van der Waals surface area contributed by atoms with E-state index in [-0.39, 0.29) is 0 Å². The van der Waals surface area contributed by atoms with E-state index in [2.05, 4.69) is 66.6 Å². The van der Waals surface area contributed by atoms with Gasteiger partial charge in [0.05, 0.1) is 0 Å². The number of likely N-dealkylation sites (N-methyl/N-ethyl adjacent to an activating group) is 1. The molecule has 1 heteroatoms. The van der Waals surface area contributed by atoms with Crippen molar-refractivity contribution in [2.45, 2.75) is 6.42 Å². The van der Waals surface area contributed by atoms with Crippen LogP contribution in [0.4, 0.5) is 5.69 Å². The number of para-hydroxylation sites is 1. The predicted molar refractivity (Wildman–Crippen MR) is 65.8 cm³/mol. The molecule has 0 saturated carbocycles. The first kappa shape index (κ1) is 9.78. The molecule has 0 radical (unpaired) electrons. The molecule has 2 rings (SSSR count). The third-order valence-corrected chi connectivity index (χ3v) is 2.49. The standard InChI is InChI=1S/C14H15N/c1-15(14-11-7-4-8-12-14)13-9-5-2-3-6-10-13/h2,4-12H,3H2,1H3. The minimum absolute atomic E-state index is 1.02. The van der Waals surface area contributed by atoms with Gasteiger partial charge in [-0.25, -0.2) is 0 Å². The minimum Gasteiger partial charge on any atom is -0.345 e. The van der Waals surface area contributed by atoms with Gasteiger partial charge in [0, 0.05) is 18.4 Å². The van der Waals surface area contributed by atoms with E-state index in [9.17, 15) is 0 Å². The molecule has 0 atom stereocenters. The maximum Gasteiger partial charge on any atom is 0.0408 e. The summed E-state index contributed by atoms with van der Waals surface area (Å²) in [6, 6.07) is 10.4. The third-order valence-electron chi connectivity index (χ3n) is 2.49. The molecule has 1 aromatic carbocycles. The molecule has 0 fully saturated rings. The second kappa shape index (κ2) is 4.65. The fourth-order valence-electron chi connectivity index (χ4n) is 1.59. The van der Waals surface area contributed by atoms with E-state index in [1.165, 1.54) is 11.4 Å². The smallest absolute Gasteiger partial charge is 0.0408 e. The van der Waals surface area contributed by atoms with Crippen LogP contribution in [-0.2, 0) is 0 Å². The lowest BCUT2D eigenvalue weighted by Crippen LogP contribution is -2.14. The summed E-state index contributed by atoms with van der Waals surface area (Å²) in [6.45, 7) is 0. The van der Waals surface area contributed by atoms with Crippen LogP contribution in [0.2, 0.25) is 0 Å². The highest BCUT2D eigenvalue weighted by Gasteiger charge is 2.02. The number of nitrogens with zero attached hydrogens (tertiary/aromatic N) is 1. The van der Waals surface area contributed by atoms with Crippen LogP contribution in [0.5, 0.6) is 0 Å². The van der Waals surface area contributed by atoms with E-state index in [0.717, 1.165) is 6.42 Å². The van der Waals surface area contributed by atoms with Gasteiger partial charge in [0.1, 0.15) is 0 Å². The van der Waals surface area contributed by atoms with Crippen molar-refractivity contribution in [3.8, 4) is 0 Å². The first-order valence-electron chi connectivity index (χ1n) is 5.20. The zero-order valence-electron chi connectivity index (χ0n) is 8.93. The lowest BCUT2D eigenvalue weighted by molar-refractivity contribution is 1.14. The van der Waals surface area contributed by atoms with Gasteiger partial charge in [-0.05, 0) is 30.7 Å². The first-order valence-corrected chi connectivity index (χ1v) is 5.20. The average Bonchev–Trinajstić information content (AvgIpc) is 2.58. The van der Waals surface area contributed by atoms with Crippen molar-refractivity contribution in [1.82, 2.24) is 0 Å². The van der Waals surface area contributed by atoms with Crippen LogP contribution in [0.3, 0.4) is 0 Å². The van der Waals surface area contributed by atoms with Crippen molar-refractivity contribution in [2.75, 3.05) is 11.9 Å². The van der Waals surface area contributed by atoms with Gasteiger partial charge < -0.3 is 4.90 Å². The summed E-state index contributed by atoms with van der Waals surface area (Å²) in [5.74, 6) is 0. The molecule has 0 saturated heterocycles. The van der Waals surface area contributed by atoms with Crippen LogP contribution in [-0.4, -0.2) is 7.05 Å². The topological polar surface area (TPSA) is 3.24 Å². The molecule has 1 aliphatic rings. The van der Waals surface area contributed by atoms with Gasteiger partial charge in [-0.2, -0.15) is 0 Å². The maximum atomic E-state index is 2.19. The Hall–Kier alpha value is -1.76. The molecular formula is C14H15N. The van der Waals surface area contributed by atoms with Crippen LogP contribution in [0, 0.1) is 0 Å². The molecule has 0 unspecified atom stereocenters. The van der Waals surface area contributed by atoms with E-state index in [1.54, 1.807) is 0 Å². The molecular weight excluding hydrogens is 182 g/mol. The maximum absolute atomic E-state index is 2.19. The highest BCUT2D eigenvalue weighted by Crippen LogP contribution is 2.18. The van der Waals surface area contributed by atoms with Gasteiger partial charge in [-0.1, -0.05) is 36.4 Å². The fraction of sp³-hybridized carbons (Fsp3) is 0.143. The SMILES string of the molecule is CN(C1=CC=CCC=C1)c1ccccc1. The molecule has 0 bridgehead atoms. The van der Waals surface area contributed by atoms with Crippen molar-refractivity contribution in [3.63, 3.8) is 0 Å². The predicted octanol–water partition coefficient (Wildman–Crippen LogP) is 3.52. The van der Waals surface area contributed by atoms with E-state index in [4.69, 9.17) is 0 Å². The summed E-state index contributed by atoms with van der Waals surface area (Å²) in [5.41, 5.74) is 2.43. The number of allylic oxidation sites excluding steroid dienone is 5. The summed E-state index contributed by atoms with van der Waals surface area (Å²) in [5, 5.41) is 0. The molecule has 0 amide bonds. The quantitative estimate of drug-likeness (QED) is 0.701. The zero-order chi connectivity index (χ0) is 10.5. The summed E-state index contributed by atoms with van der Waals surface area (Å²) in [6.07, 6.45) is 11.7. The second-order valence-corrected chi connectivity index (χ2v) is 3.55. The largest absolute Gasteiger partial charge is 0.345 e. The fourth-order valence-corrected chi connectivity index (χ4v) is 1.59. The van der Waals surface area contributed by atoms with Crippen molar-refractivity contribution in [1.29, 1.82) is 0 Å². The number of benzene rings is 1. The van der Waals surface area contributed by atoms with Crippen molar-refractivity contribution in [2.24, 2.45) is 0 Å². The third kappa shape index (κ3) is 2.38. The Morgan fingerprint density at radius 3 is 2.67 bits per heavy atom. The Labute approximate surface area is 91.0 Å². The molecule has 0 aliphatic heterocycles. The van der Waals surface area contributed by atoms with Gasteiger partial charge in [0.2, 0.25) is 0 Å². The second-order valence-electron chi connectivity index (χ2n) is 3.55. The number of anilines is 1. The normalized spacial score (nSPS) is 14.6. The van der Waals surface area contributed by atoms with E-state index in [0.29, 0.717) is 0 Å². The van der Waals surface area contributed by atoms with Crippen LogP contribution >= 0.6 is 0 Å². The Kier molecular flexibility index (Phi) is 3.03. The Balaban J connectivity index is 2.24. The van der Waals surface area contributed by atoms with Gasteiger partial charge in [0.15, 0.2) is 0 Å². The van der Waals surface area contributed by atoms with Gasteiger partial charge in [-0.3, -0.25) is 0 Å². The molecule has 15 heavy (non-hydrogen) atoms. The molecule has 0 heterocycles. The summed E-state index contributed by atoms with van der Waals surface area (Å²) < 4.78 is 0. The van der Waals surface area contributed by atoms with Crippen LogP contribution in [0.1, 0.15) is 6.42 Å². The Morgan fingerprint density at radius 1 is 1.07 bits per heavy atom. The monoisotopic (exact) mass is 197 g/mol. The number of rotatable bonds is 2. The van der Waals surface area contributed by atoms with E-state index < -0.39 is 0 Å². The highest BCUT2D eigenvalue weighted by atomic mass is 15.1. The average molecular weight is 197 g/mol. The van der Waals surface area contributed by atoms with Crippen LogP contribution in [0.15, 0.2) is 66.4 Å². The molecule has 0 aromatic heterocycles. The van der Waals surface area contributed by atoms with Gasteiger partial charge in [0.25, 0.3) is 0 Å². The minimum atomic E-state index is 1.02. The van der Waals surface area contributed by atoms with Crippen LogP contribution < -0.4 is 4.90 Å². The first-order chi connectivity index (χ1) is 7.38. The molecule has 1 aliphatic carbocycles. The van der Waals surface area contributed by atoms with Crippen molar-refractivity contribution in [3.05, 3.63) is 66.4 Å². The molecule has 0 N–H and O–H groups in total. The van der Waals surface area contributed by atoms with Crippen LogP contribution in [0.25, 0.3) is 0 Å². The molecule has 1 nitrogen and oxygen atoms in total. The number of hydrogen-bond acceptors (Lipinski definition) is 1. The lowest BCUT2D eigenvalue weighted by Gasteiger charge is -2.20. The lowest BCUT2D eigenvalue weighted by atomic mass is 10.2. The van der Waals surface area contributed by atoms with Gasteiger partial charge >= 0.3 is 0 Å². The number of hydrogen-bond donors (Lipinski definition) is 0. The van der Waals surface area contributed by atoms with E-state index in [1.807, 2.05) is 6.07 Å². The molecule has 0 spiro atoms. The molecule has 76 valence electrons.